The van der Waals surface area contributed by atoms with Crippen molar-refractivity contribution in [2.45, 2.75) is 283 Å². The van der Waals surface area contributed by atoms with E-state index in [0.29, 0.717) is 6.42 Å². The second-order valence-electron chi connectivity index (χ2n) is 17.9. The van der Waals surface area contributed by atoms with Crippen LogP contribution in [0.4, 0.5) is 0 Å². The summed E-state index contributed by atoms with van der Waals surface area (Å²) in [6, 6.07) is -0.978. The number of amides is 1. The van der Waals surface area contributed by atoms with E-state index < -0.39 is 38.6 Å². The first kappa shape index (κ1) is 59.2. The zero-order valence-corrected chi connectivity index (χ0v) is 40.5. The number of nitrogens with one attached hydrogen (secondary N) is 1. The Morgan fingerprint density at radius 2 is 0.917 bits per heavy atom. The predicted octanol–water partition coefficient (Wildman–Crippen LogP) is 14.1. The number of carbonyl (C=O) groups excluding carboxylic acids is 1. The molecule has 0 bridgehead atoms. The molecule has 10 heteroatoms. The van der Waals surface area contributed by atoms with Gasteiger partial charge in [0, 0.05) is 6.54 Å². The molecule has 0 rings (SSSR count). The highest BCUT2D eigenvalue weighted by Crippen LogP contribution is 2.43. The summed E-state index contributed by atoms with van der Waals surface area (Å²) in [4.78, 5) is 22.9. The first-order valence-corrected chi connectivity index (χ1v) is 27.4. The average molecular weight is 873 g/mol. The molecule has 0 radical (unpaired) electrons. The average Bonchev–Trinajstić information content (AvgIpc) is 3.23. The molecule has 4 unspecified atom stereocenters. The van der Waals surface area contributed by atoms with Gasteiger partial charge in [-0.05, 0) is 19.3 Å². The number of aliphatic hydroxyl groups is 2. The molecule has 358 valence electrons. The molecule has 0 heterocycles. The van der Waals surface area contributed by atoms with E-state index in [4.69, 9.17) is 14.8 Å². The van der Waals surface area contributed by atoms with Gasteiger partial charge in [0.2, 0.25) is 5.91 Å². The third-order valence-electron chi connectivity index (χ3n) is 11.9. The first-order valence-electron chi connectivity index (χ1n) is 25.9. The van der Waals surface area contributed by atoms with Crippen LogP contribution in [0.2, 0.25) is 0 Å². The van der Waals surface area contributed by atoms with E-state index in [1.165, 1.54) is 199 Å². The SMILES string of the molecule is CCCCCCCCCCCCCCCCCCC/C=C/C(O)C(COP(=O)(O)OCCN)NC(=O)CC(O)CCCCCCCCCCCCCCCCCCCCC. The minimum atomic E-state index is -4.40. The summed E-state index contributed by atoms with van der Waals surface area (Å²) in [5.74, 6) is -0.440. The fourth-order valence-corrected chi connectivity index (χ4v) is 8.76. The lowest BCUT2D eigenvalue weighted by molar-refractivity contribution is -0.124. The highest BCUT2D eigenvalue weighted by atomic mass is 31.2. The van der Waals surface area contributed by atoms with Gasteiger partial charge in [0.15, 0.2) is 0 Å². The van der Waals surface area contributed by atoms with Gasteiger partial charge >= 0.3 is 7.82 Å². The molecule has 0 saturated heterocycles. The molecule has 6 N–H and O–H groups in total. The van der Waals surface area contributed by atoms with E-state index in [1.54, 1.807) is 6.08 Å². The van der Waals surface area contributed by atoms with Gasteiger partial charge in [-0.3, -0.25) is 13.8 Å². The summed E-state index contributed by atoms with van der Waals surface area (Å²) in [7, 11) is -4.40. The van der Waals surface area contributed by atoms with Crippen LogP contribution >= 0.6 is 7.82 Å². The van der Waals surface area contributed by atoms with Crippen molar-refractivity contribution in [2.75, 3.05) is 19.8 Å². The fraction of sp³-hybridized carbons (Fsp3) is 0.940. The zero-order valence-electron chi connectivity index (χ0n) is 39.6. The number of unbranched alkanes of at least 4 members (excludes halogenated alkanes) is 35. The van der Waals surface area contributed by atoms with Crippen molar-refractivity contribution >= 4 is 13.7 Å². The molecule has 0 saturated carbocycles. The van der Waals surface area contributed by atoms with Crippen LogP contribution < -0.4 is 11.1 Å². The fourth-order valence-electron chi connectivity index (χ4n) is 8.00. The quantitative estimate of drug-likeness (QED) is 0.0230. The molecular weight excluding hydrogens is 772 g/mol. The van der Waals surface area contributed by atoms with Crippen LogP contribution in [-0.4, -0.2) is 59.0 Å². The highest BCUT2D eigenvalue weighted by molar-refractivity contribution is 7.47. The van der Waals surface area contributed by atoms with Gasteiger partial charge in [0.25, 0.3) is 0 Å². The number of rotatable bonds is 49. The maximum atomic E-state index is 12.9. The Labute approximate surface area is 371 Å². The molecule has 0 spiro atoms. The van der Waals surface area contributed by atoms with E-state index in [0.717, 1.165) is 38.5 Å². The van der Waals surface area contributed by atoms with E-state index in [-0.39, 0.29) is 19.6 Å². The molecule has 4 atom stereocenters. The minimum absolute atomic E-state index is 0.0518. The molecule has 0 aromatic heterocycles. The molecule has 0 fully saturated rings. The number of phosphoric ester groups is 1. The summed E-state index contributed by atoms with van der Waals surface area (Å²) >= 11 is 0. The Bertz CT molecular complexity index is 971. The lowest BCUT2D eigenvalue weighted by Crippen LogP contribution is -2.46. The van der Waals surface area contributed by atoms with E-state index in [2.05, 4.69) is 19.2 Å². The Hall–Kier alpha value is -0.800. The largest absolute Gasteiger partial charge is 0.472 e. The van der Waals surface area contributed by atoms with Gasteiger partial charge in [0.1, 0.15) is 0 Å². The zero-order chi connectivity index (χ0) is 44.0. The molecule has 1 amide bonds. The van der Waals surface area contributed by atoms with Crippen LogP contribution in [0.25, 0.3) is 0 Å². The van der Waals surface area contributed by atoms with Gasteiger partial charge in [0.05, 0.1) is 37.9 Å². The summed E-state index contributed by atoms with van der Waals surface area (Å²) in [5.41, 5.74) is 5.38. The van der Waals surface area contributed by atoms with Crippen molar-refractivity contribution in [1.29, 1.82) is 0 Å². The Balaban J connectivity index is 4.17. The van der Waals surface area contributed by atoms with Gasteiger partial charge in [-0.2, -0.15) is 0 Å². The molecule has 0 aromatic rings. The topological polar surface area (TPSA) is 151 Å². The van der Waals surface area contributed by atoms with Crippen molar-refractivity contribution in [3.05, 3.63) is 12.2 Å². The van der Waals surface area contributed by atoms with Crippen LogP contribution in [-0.2, 0) is 18.4 Å². The summed E-state index contributed by atoms with van der Waals surface area (Å²) < 4.78 is 22.2. The van der Waals surface area contributed by atoms with Crippen molar-refractivity contribution in [2.24, 2.45) is 5.73 Å². The van der Waals surface area contributed by atoms with Crippen LogP contribution in [0.1, 0.15) is 264 Å². The van der Waals surface area contributed by atoms with Crippen LogP contribution in [0.5, 0.6) is 0 Å². The maximum absolute atomic E-state index is 12.9. The van der Waals surface area contributed by atoms with Crippen molar-refractivity contribution < 1.29 is 33.5 Å². The summed E-state index contributed by atoms with van der Waals surface area (Å²) in [6.07, 6.45) is 50.2. The van der Waals surface area contributed by atoms with Gasteiger partial charge < -0.3 is 26.2 Å². The summed E-state index contributed by atoms with van der Waals surface area (Å²) in [5, 5.41) is 24.2. The van der Waals surface area contributed by atoms with E-state index >= 15 is 0 Å². The second kappa shape index (κ2) is 46.2. The first-order chi connectivity index (χ1) is 29.3. The van der Waals surface area contributed by atoms with Crippen molar-refractivity contribution in [3.63, 3.8) is 0 Å². The number of aliphatic hydroxyl groups excluding tert-OH is 2. The lowest BCUT2D eigenvalue weighted by Gasteiger charge is -2.24. The van der Waals surface area contributed by atoms with Crippen molar-refractivity contribution in [1.82, 2.24) is 5.32 Å². The molecular formula is C50H101N2O7P. The normalized spacial score (nSPS) is 14.4. The molecule has 0 aliphatic rings. The van der Waals surface area contributed by atoms with E-state index in [1.807, 2.05) is 6.08 Å². The number of phosphoric acid groups is 1. The molecule has 0 aliphatic carbocycles. The molecule has 60 heavy (non-hydrogen) atoms. The van der Waals surface area contributed by atoms with E-state index in [9.17, 15) is 24.5 Å². The minimum Gasteiger partial charge on any atom is -0.393 e. The smallest absolute Gasteiger partial charge is 0.393 e. The molecule has 0 aliphatic heterocycles. The van der Waals surface area contributed by atoms with Crippen LogP contribution in [0, 0.1) is 0 Å². The molecule has 9 nitrogen and oxygen atoms in total. The second-order valence-corrected chi connectivity index (χ2v) is 19.4. The third kappa shape index (κ3) is 43.8. The highest BCUT2D eigenvalue weighted by Gasteiger charge is 2.27. The number of nitrogens with two attached hydrogens (primary N) is 1. The monoisotopic (exact) mass is 873 g/mol. The lowest BCUT2D eigenvalue weighted by atomic mass is 10.0. The standard InChI is InChI=1S/C50H101N2O7P/c1-3-5-7-9-11-13-15-17-19-21-23-25-27-29-31-33-35-37-39-41-47(53)45-50(55)52-48(46-59-60(56,57)58-44-43-51)49(54)42-40-38-36-34-32-30-28-26-24-22-20-18-16-14-12-10-8-6-4-2/h40,42,47-49,53-54H,3-39,41,43-46,51H2,1-2H3,(H,52,55)(H,56,57)/b42-40+. The Kier molecular flexibility index (Phi) is 45.6. The van der Waals surface area contributed by atoms with Crippen LogP contribution in [0.3, 0.4) is 0 Å². The van der Waals surface area contributed by atoms with Crippen molar-refractivity contribution in [3.8, 4) is 0 Å². The van der Waals surface area contributed by atoms with Gasteiger partial charge in [-0.15, -0.1) is 0 Å². The summed E-state index contributed by atoms with van der Waals surface area (Å²) in [6.45, 7) is 4.02. The Morgan fingerprint density at radius 3 is 1.28 bits per heavy atom. The van der Waals surface area contributed by atoms with Crippen LogP contribution in [0.15, 0.2) is 12.2 Å². The number of hydrogen-bond acceptors (Lipinski definition) is 7. The maximum Gasteiger partial charge on any atom is 0.472 e. The molecule has 0 aromatic carbocycles. The van der Waals surface area contributed by atoms with Gasteiger partial charge in [-0.25, -0.2) is 4.57 Å². The van der Waals surface area contributed by atoms with Gasteiger partial charge in [-0.1, -0.05) is 251 Å². The Morgan fingerprint density at radius 1 is 0.567 bits per heavy atom. The third-order valence-corrected chi connectivity index (χ3v) is 12.9. The predicted molar refractivity (Wildman–Crippen MR) is 255 cm³/mol. The number of carbonyl (C=O) groups is 1. The number of hydrogen-bond donors (Lipinski definition) is 5. The number of allylic oxidation sites excluding steroid dienone is 1.